The summed E-state index contributed by atoms with van der Waals surface area (Å²) in [5, 5.41) is 0. The van der Waals surface area contributed by atoms with Gasteiger partial charge in [-0.25, -0.2) is 0 Å². The summed E-state index contributed by atoms with van der Waals surface area (Å²) in [7, 11) is 0. The van der Waals surface area contributed by atoms with Crippen molar-refractivity contribution in [2.75, 3.05) is 19.8 Å². The van der Waals surface area contributed by atoms with E-state index in [2.05, 4.69) is 4.98 Å². The molecule has 2 aliphatic heterocycles. The van der Waals surface area contributed by atoms with E-state index >= 15 is 0 Å². The van der Waals surface area contributed by atoms with E-state index in [9.17, 15) is 4.79 Å². The van der Waals surface area contributed by atoms with Crippen LogP contribution in [0.4, 0.5) is 0 Å². The number of amides is 1. The Labute approximate surface area is 112 Å². The molecular weight excluding hydrogens is 242 g/mol. The highest BCUT2D eigenvalue weighted by molar-refractivity contribution is 5.84. The van der Waals surface area contributed by atoms with Crippen LogP contribution in [-0.2, 0) is 22.5 Å². The normalized spacial score (nSPS) is 30.2. The van der Waals surface area contributed by atoms with Crippen molar-refractivity contribution in [3.05, 3.63) is 29.6 Å². The van der Waals surface area contributed by atoms with Gasteiger partial charge in [-0.2, -0.15) is 0 Å². The SMILES string of the molecule is CC1(C(=O)N2CCc3ncccc3C2)COCC1N. The van der Waals surface area contributed by atoms with Gasteiger partial charge in [-0.15, -0.1) is 0 Å². The van der Waals surface area contributed by atoms with E-state index in [4.69, 9.17) is 10.5 Å². The van der Waals surface area contributed by atoms with Crippen LogP contribution in [0.5, 0.6) is 0 Å². The van der Waals surface area contributed by atoms with Crippen LogP contribution in [-0.4, -0.2) is 41.6 Å². The fourth-order valence-corrected chi connectivity index (χ4v) is 2.81. The molecule has 1 fully saturated rings. The summed E-state index contributed by atoms with van der Waals surface area (Å²) in [6.07, 6.45) is 2.62. The van der Waals surface area contributed by atoms with Gasteiger partial charge in [-0.05, 0) is 18.6 Å². The Hall–Kier alpha value is -1.46. The van der Waals surface area contributed by atoms with Gasteiger partial charge in [0, 0.05) is 37.4 Å². The maximum Gasteiger partial charge on any atom is 0.232 e. The van der Waals surface area contributed by atoms with Crippen LogP contribution in [0.1, 0.15) is 18.2 Å². The molecule has 2 aliphatic rings. The van der Waals surface area contributed by atoms with E-state index in [1.807, 2.05) is 24.0 Å². The minimum absolute atomic E-state index is 0.104. The summed E-state index contributed by atoms with van der Waals surface area (Å²) >= 11 is 0. The number of ether oxygens (including phenoxy) is 1. The molecule has 1 amide bonds. The maximum atomic E-state index is 12.7. The number of aromatic nitrogens is 1. The molecule has 1 aromatic rings. The Morgan fingerprint density at radius 3 is 3.21 bits per heavy atom. The van der Waals surface area contributed by atoms with Crippen molar-refractivity contribution in [1.82, 2.24) is 9.88 Å². The van der Waals surface area contributed by atoms with E-state index in [0.29, 0.717) is 26.3 Å². The van der Waals surface area contributed by atoms with Crippen molar-refractivity contribution in [3.8, 4) is 0 Å². The Kier molecular flexibility index (Phi) is 3.03. The van der Waals surface area contributed by atoms with E-state index in [-0.39, 0.29) is 11.9 Å². The molecule has 0 spiro atoms. The summed E-state index contributed by atoms with van der Waals surface area (Å²) in [6, 6.07) is 3.74. The van der Waals surface area contributed by atoms with Crippen molar-refractivity contribution in [2.45, 2.75) is 25.9 Å². The standard InChI is InChI=1S/C14H19N3O2/c1-14(9-19-8-12(14)15)13(18)17-6-4-11-10(7-17)3-2-5-16-11/h2-3,5,12H,4,6-9,15H2,1H3. The molecule has 2 N–H and O–H groups in total. The van der Waals surface area contributed by atoms with E-state index in [1.165, 1.54) is 0 Å². The maximum absolute atomic E-state index is 12.7. The number of carbonyl (C=O) groups excluding carboxylic acids is 1. The zero-order valence-corrected chi connectivity index (χ0v) is 11.1. The lowest BCUT2D eigenvalue weighted by atomic mass is 9.83. The Morgan fingerprint density at radius 1 is 1.63 bits per heavy atom. The molecule has 2 unspecified atom stereocenters. The lowest BCUT2D eigenvalue weighted by Crippen LogP contribution is -2.52. The first-order valence-corrected chi connectivity index (χ1v) is 6.67. The summed E-state index contributed by atoms with van der Waals surface area (Å²) in [5.74, 6) is 0.104. The Bertz CT molecular complexity index is 505. The largest absolute Gasteiger partial charge is 0.379 e. The number of rotatable bonds is 1. The minimum atomic E-state index is -0.584. The van der Waals surface area contributed by atoms with Crippen LogP contribution in [0.25, 0.3) is 0 Å². The van der Waals surface area contributed by atoms with Gasteiger partial charge >= 0.3 is 0 Å². The van der Waals surface area contributed by atoms with Gasteiger partial charge in [0.1, 0.15) is 0 Å². The molecule has 0 aliphatic carbocycles. The molecule has 2 atom stereocenters. The van der Waals surface area contributed by atoms with Gasteiger partial charge < -0.3 is 15.4 Å². The third-order valence-corrected chi connectivity index (χ3v) is 4.26. The molecule has 5 nitrogen and oxygen atoms in total. The molecule has 0 radical (unpaired) electrons. The first-order chi connectivity index (χ1) is 9.11. The Balaban J connectivity index is 1.80. The second-order valence-corrected chi connectivity index (χ2v) is 5.63. The fourth-order valence-electron chi connectivity index (χ4n) is 2.81. The predicted octanol–water partition coefficient (Wildman–Crippen LogP) is 0.330. The second-order valence-electron chi connectivity index (χ2n) is 5.63. The number of pyridine rings is 1. The summed E-state index contributed by atoms with van der Waals surface area (Å²) in [4.78, 5) is 18.9. The molecule has 1 aromatic heterocycles. The molecule has 1 saturated heterocycles. The first-order valence-electron chi connectivity index (χ1n) is 6.67. The van der Waals surface area contributed by atoms with Gasteiger partial charge in [0.25, 0.3) is 0 Å². The van der Waals surface area contributed by atoms with Crippen molar-refractivity contribution in [2.24, 2.45) is 11.1 Å². The molecule has 0 aromatic carbocycles. The van der Waals surface area contributed by atoms with Crippen molar-refractivity contribution in [1.29, 1.82) is 0 Å². The molecule has 0 saturated carbocycles. The van der Waals surface area contributed by atoms with Crippen LogP contribution in [0.15, 0.2) is 18.3 Å². The van der Waals surface area contributed by atoms with Crippen LogP contribution >= 0.6 is 0 Å². The monoisotopic (exact) mass is 261 g/mol. The topological polar surface area (TPSA) is 68.5 Å². The fraction of sp³-hybridized carbons (Fsp3) is 0.571. The third kappa shape index (κ3) is 2.03. The first kappa shape index (κ1) is 12.6. The minimum Gasteiger partial charge on any atom is -0.379 e. The third-order valence-electron chi connectivity index (χ3n) is 4.26. The molecule has 5 heteroatoms. The molecule has 3 rings (SSSR count). The van der Waals surface area contributed by atoms with Crippen molar-refractivity contribution < 1.29 is 9.53 Å². The predicted molar refractivity (Wildman–Crippen MR) is 70.3 cm³/mol. The lowest BCUT2D eigenvalue weighted by molar-refractivity contribution is -0.142. The molecule has 19 heavy (non-hydrogen) atoms. The number of hydrogen-bond donors (Lipinski definition) is 1. The van der Waals surface area contributed by atoms with Gasteiger partial charge in [-0.1, -0.05) is 6.07 Å². The lowest BCUT2D eigenvalue weighted by Gasteiger charge is -2.35. The average Bonchev–Trinajstić information content (AvgIpc) is 2.78. The average molecular weight is 261 g/mol. The quantitative estimate of drug-likeness (QED) is 0.791. The Morgan fingerprint density at radius 2 is 2.47 bits per heavy atom. The van der Waals surface area contributed by atoms with Gasteiger partial charge in [0.15, 0.2) is 0 Å². The van der Waals surface area contributed by atoms with Crippen molar-refractivity contribution in [3.63, 3.8) is 0 Å². The zero-order valence-electron chi connectivity index (χ0n) is 11.1. The highest BCUT2D eigenvalue weighted by Crippen LogP contribution is 2.31. The van der Waals surface area contributed by atoms with Crippen molar-refractivity contribution >= 4 is 5.91 Å². The number of fused-ring (bicyclic) bond motifs is 1. The van der Waals surface area contributed by atoms with Crippen LogP contribution in [0.2, 0.25) is 0 Å². The summed E-state index contributed by atoms with van der Waals surface area (Å²) < 4.78 is 5.37. The number of hydrogen-bond acceptors (Lipinski definition) is 4. The van der Waals surface area contributed by atoms with Gasteiger partial charge in [0.05, 0.1) is 18.6 Å². The highest BCUT2D eigenvalue weighted by atomic mass is 16.5. The molecule has 0 bridgehead atoms. The number of nitrogens with two attached hydrogens (primary N) is 1. The smallest absolute Gasteiger partial charge is 0.232 e. The molecular formula is C14H19N3O2. The van der Waals surface area contributed by atoms with Gasteiger partial charge in [0.2, 0.25) is 5.91 Å². The van der Waals surface area contributed by atoms with E-state index < -0.39 is 5.41 Å². The summed E-state index contributed by atoms with van der Waals surface area (Å²) in [5.41, 5.74) is 7.68. The molecule has 102 valence electrons. The zero-order chi connectivity index (χ0) is 13.5. The summed E-state index contributed by atoms with van der Waals surface area (Å²) in [6.45, 7) is 4.14. The molecule has 3 heterocycles. The van der Waals surface area contributed by atoms with Crippen LogP contribution < -0.4 is 5.73 Å². The highest BCUT2D eigenvalue weighted by Gasteiger charge is 2.46. The van der Waals surface area contributed by atoms with E-state index in [1.54, 1.807) is 6.20 Å². The number of nitrogens with zero attached hydrogens (tertiary/aromatic N) is 2. The van der Waals surface area contributed by atoms with E-state index in [0.717, 1.165) is 17.7 Å². The van der Waals surface area contributed by atoms with Gasteiger partial charge in [-0.3, -0.25) is 9.78 Å². The number of carbonyl (C=O) groups is 1. The van der Waals surface area contributed by atoms with Crippen LogP contribution in [0.3, 0.4) is 0 Å². The van der Waals surface area contributed by atoms with Crippen LogP contribution in [0, 0.1) is 5.41 Å². The second kappa shape index (κ2) is 4.58.